The fourth-order valence-electron chi connectivity index (χ4n) is 1.07. The van der Waals surface area contributed by atoms with Crippen molar-refractivity contribution in [1.82, 2.24) is 10.2 Å². The molecule has 4 heteroatoms. The minimum Gasteiger partial charge on any atom is -0.394 e. The maximum atomic E-state index is 9.00. The van der Waals surface area contributed by atoms with E-state index in [4.69, 9.17) is 10.2 Å². The van der Waals surface area contributed by atoms with Crippen molar-refractivity contribution in [3.63, 3.8) is 0 Å². The molecule has 10 heavy (non-hydrogen) atoms. The second-order valence-corrected chi connectivity index (χ2v) is 2.57. The Morgan fingerprint density at radius 2 is 2.40 bits per heavy atom. The van der Waals surface area contributed by atoms with Gasteiger partial charge in [-0.3, -0.25) is 4.90 Å². The second-order valence-electron chi connectivity index (χ2n) is 2.57. The van der Waals surface area contributed by atoms with Crippen molar-refractivity contribution in [2.45, 2.75) is 6.10 Å². The molecule has 60 valence electrons. The summed E-state index contributed by atoms with van der Waals surface area (Å²) in [5.41, 5.74) is 0. The molecule has 1 aliphatic heterocycles. The van der Waals surface area contributed by atoms with Gasteiger partial charge in [-0.15, -0.1) is 0 Å². The molecule has 3 N–H and O–H groups in total. The monoisotopic (exact) mass is 146 g/mol. The van der Waals surface area contributed by atoms with Gasteiger partial charge in [0.1, 0.15) is 0 Å². The van der Waals surface area contributed by atoms with E-state index in [1.165, 1.54) is 0 Å². The quantitative estimate of drug-likeness (QED) is 0.440. The van der Waals surface area contributed by atoms with Gasteiger partial charge in [0.05, 0.1) is 12.7 Å². The van der Waals surface area contributed by atoms with Crippen molar-refractivity contribution in [2.75, 3.05) is 32.9 Å². The van der Waals surface area contributed by atoms with E-state index in [0.29, 0.717) is 6.54 Å². The lowest BCUT2D eigenvalue weighted by Gasteiger charge is -2.16. The molecule has 0 bridgehead atoms. The molecule has 0 aromatic heterocycles. The Balaban J connectivity index is 2.11. The molecule has 0 aliphatic carbocycles. The SMILES string of the molecule is OCC(O)CN1CCNC1. The summed E-state index contributed by atoms with van der Waals surface area (Å²) < 4.78 is 0. The van der Waals surface area contributed by atoms with Gasteiger partial charge in [-0.1, -0.05) is 0 Å². The first-order chi connectivity index (χ1) is 4.83. The molecule has 0 aromatic rings. The van der Waals surface area contributed by atoms with Crippen molar-refractivity contribution in [3.05, 3.63) is 0 Å². The summed E-state index contributed by atoms with van der Waals surface area (Å²) >= 11 is 0. The van der Waals surface area contributed by atoms with Crippen LogP contribution >= 0.6 is 0 Å². The average Bonchev–Trinajstić information content (AvgIpc) is 2.40. The highest BCUT2D eigenvalue weighted by molar-refractivity contribution is 4.68. The molecule has 0 spiro atoms. The summed E-state index contributed by atoms with van der Waals surface area (Å²) in [4.78, 5) is 2.07. The smallest absolute Gasteiger partial charge is 0.0897 e. The molecule has 1 unspecified atom stereocenters. The molecule has 0 aromatic carbocycles. The van der Waals surface area contributed by atoms with Gasteiger partial charge in [0.2, 0.25) is 0 Å². The molecule has 1 aliphatic rings. The Bertz CT molecular complexity index is 93.7. The third-order valence-electron chi connectivity index (χ3n) is 1.62. The third-order valence-corrected chi connectivity index (χ3v) is 1.62. The maximum absolute atomic E-state index is 9.00. The molecule has 1 atom stereocenters. The zero-order chi connectivity index (χ0) is 7.40. The predicted molar refractivity (Wildman–Crippen MR) is 37.5 cm³/mol. The molecule has 1 heterocycles. The summed E-state index contributed by atoms with van der Waals surface area (Å²) in [5.74, 6) is 0. The predicted octanol–water partition coefficient (Wildman–Crippen LogP) is -1.80. The van der Waals surface area contributed by atoms with Gasteiger partial charge in [-0.2, -0.15) is 0 Å². The number of nitrogens with one attached hydrogen (secondary N) is 1. The van der Waals surface area contributed by atoms with Crippen LogP contribution < -0.4 is 5.32 Å². The topological polar surface area (TPSA) is 55.7 Å². The van der Waals surface area contributed by atoms with E-state index in [0.717, 1.165) is 19.8 Å². The van der Waals surface area contributed by atoms with Crippen molar-refractivity contribution < 1.29 is 10.2 Å². The number of aliphatic hydroxyl groups is 2. The largest absolute Gasteiger partial charge is 0.394 e. The van der Waals surface area contributed by atoms with E-state index in [9.17, 15) is 0 Å². The van der Waals surface area contributed by atoms with Crippen LogP contribution in [0.3, 0.4) is 0 Å². The Kier molecular flexibility index (Phi) is 3.08. The third kappa shape index (κ3) is 2.22. The zero-order valence-electron chi connectivity index (χ0n) is 5.95. The van der Waals surface area contributed by atoms with Crippen LogP contribution in [0.5, 0.6) is 0 Å². The van der Waals surface area contributed by atoms with Crippen LogP contribution in [-0.2, 0) is 0 Å². The van der Waals surface area contributed by atoms with Crippen LogP contribution in [0, 0.1) is 0 Å². The van der Waals surface area contributed by atoms with Crippen LogP contribution in [0.2, 0.25) is 0 Å². The minimum absolute atomic E-state index is 0.142. The lowest BCUT2D eigenvalue weighted by molar-refractivity contribution is 0.0658. The van der Waals surface area contributed by atoms with E-state index in [-0.39, 0.29) is 6.61 Å². The number of β-amino-alcohol motifs (C(OH)–C–C–N with tert-alkyl or cyclic N) is 1. The number of hydrogen-bond donors (Lipinski definition) is 3. The van der Waals surface area contributed by atoms with Crippen LogP contribution in [0.15, 0.2) is 0 Å². The molecule has 1 saturated heterocycles. The molecule has 1 rings (SSSR count). The van der Waals surface area contributed by atoms with Crippen molar-refractivity contribution >= 4 is 0 Å². The van der Waals surface area contributed by atoms with Crippen molar-refractivity contribution in [1.29, 1.82) is 0 Å². The van der Waals surface area contributed by atoms with E-state index in [2.05, 4.69) is 10.2 Å². The normalized spacial score (nSPS) is 23.4. The fourth-order valence-corrected chi connectivity index (χ4v) is 1.07. The molecule has 1 fully saturated rings. The standard InChI is InChI=1S/C6H14N2O2/c9-4-6(10)3-8-2-1-7-5-8/h6-7,9-10H,1-5H2. The highest BCUT2D eigenvalue weighted by atomic mass is 16.3. The lowest BCUT2D eigenvalue weighted by atomic mass is 10.3. The second kappa shape index (κ2) is 3.88. The van der Waals surface area contributed by atoms with Gasteiger partial charge in [0, 0.05) is 26.3 Å². The molecule has 0 amide bonds. The lowest BCUT2D eigenvalue weighted by Crippen LogP contribution is -2.33. The van der Waals surface area contributed by atoms with E-state index >= 15 is 0 Å². The highest BCUT2D eigenvalue weighted by Gasteiger charge is 2.13. The summed E-state index contributed by atoms with van der Waals surface area (Å²) in [7, 11) is 0. The molecule has 4 nitrogen and oxygen atoms in total. The van der Waals surface area contributed by atoms with Gasteiger partial charge in [0.15, 0.2) is 0 Å². The molecule has 0 saturated carbocycles. The van der Waals surface area contributed by atoms with Crippen molar-refractivity contribution in [2.24, 2.45) is 0 Å². The molecular weight excluding hydrogens is 132 g/mol. The molecule has 0 radical (unpaired) electrons. The first kappa shape index (κ1) is 7.94. The van der Waals surface area contributed by atoms with Crippen LogP contribution in [-0.4, -0.2) is 54.1 Å². The molecular formula is C6H14N2O2. The van der Waals surface area contributed by atoms with Gasteiger partial charge in [0.25, 0.3) is 0 Å². The fraction of sp³-hybridized carbons (Fsp3) is 1.00. The van der Waals surface area contributed by atoms with Gasteiger partial charge in [-0.25, -0.2) is 0 Å². The van der Waals surface area contributed by atoms with Crippen LogP contribution in [0.4, 0.5) is 0 Å². The Morgan fingerprint density at radius 1 is 1.60 bits per heavy atom. The van der Waals surface area contributed by atoms with Gasteiger partial charge >= 0.3 is 0 Å². The summed E-state index contributed by atoms with van der Waals surface area (Å²) in [5, 5.41) is 20.6. The average molecular weight is 146 g/mol. The van der Waals surface area contributed by atoms with Gasteiger partial charge < -0.3 is 15.5 Å². The minimum atomic E-state index is -0.583. The first-order valence-corrected chi connectivity index (χ1v) is 3.55. The van der Waals surface area contributed by atoms with E-state index in [1.54, 1.807) is 0 Å². The summed E-state index contributed by atoms with van der Waals surface area (Å²) in [6.45, 7) is 3.21. The van der Waals surface area contributed by atoms with Crippen LogP contribution in [0.25, 0.3) is 0 Å². The van der Waals surface area contributed by atoms with E-state index in [1.807, 2.05) is 0 Å². The number of nitrogens with zero attached hydrogens (tertiary/aromatic N) is 1. The van der Waals surface area contributed by atoms with Crippen molar-refractivity contribution in [3.8, 4) is 0 Å². The zero-order valence-corrected chi connectivity index (χ0v) is 5.95. The Hall–Kier alpha value is -0.160. The first-order valence-electron chi connectivity index (χ1n) is 3.55. The summed E-state index contributed by atoms with van der Waals surface area (Å²) in [6, 6.07) is 0. The highest BCUT2D eigenvalue weighted by Crippen LogP contribution is 1.94. The Labute approximate surface area is 60.5 Å². The summed E-state index contributed by atoms with van der Waals surface area (Å²) in [6.07, 6.45) is -0.583. The van der Waals surface area contributed by atoms with Crippen LogP contribution in [0.1, 0.15) is 0 Å². The van der Waals surface area contributed by atoms with Gasteiger partial charge in [-0.05, 0) is 0 Å². The maximum Gasteiger partial charge on any atom is 0.0897 e. The number of rotatable bonds is 3. The number of hydrogen-bond acceptors (Lipinski definition) is 4. The van der Waals surface area contributed by atoms with E-state index < -0.39 is 6.10 Å². The Morgan fingerprint density at radius 3 is 2.90 bits per heavy atom. The number of aliphatic hydroxyl groups excluding tert-OH is 2.